The second-order valence-electron chi connectivity index (χ2n) is 2.82. The number of rotatable bonds is 3. The highest BCUT2D eigenvalue weighted by Crippen LogP contribution is 2.12. The molecule has 1 N–H and O–H groups in total. The minimum Gasteiger partial charge on any atom is -0.448 e. The number of hydrogen-bond donors (Lipinski definition) is 1. The van der Waals surface area contributed by atoms with Gasteiger partial charge in [0.25, 0.3) is 5.91 Å². The van der Waals surface area contributed by atoms with Crippen molar-refractivity contribution in [2.75, 3.05) is 0 Å². The Bertz CT molecular complexity index is 505. The van der Waals surface area contributed by atoms with Gasteiger partial charge in [-0.3, -0.25) is 4.79 Å². The number of nitrogens with one attached hydrogen (secondary N) is 1. The standard InChI is InChI=1S/C10H7BrN2O2S/c11-9-4-3-7(15-9)6-12-13-10(14)8-2-1-5-16-8/h1-6H,(H,13,14)/b12-6-. The van der Waals surface area contributed by atoms with E-state index < -0.39 is 0 Å². The van der Waals surface area contributed by atoms with Crippen molar-refractivity contribution in [2.45, 2.75) is 0 Å². The fraction of sp³-hybridized carbons (Fsp3) is 0. The lowest BCUT2D eigenvalue weighted by Crippen LogP contribution is -2.15. The summed E-state index contributed by atoms with van der Waals surface area (Å²) in [5.41, 5.74) is 2.41. The second-order valence-corrected chi connectivity index (χ2v) is 4.55. The normalized spacial score (nSPS) is 10.8. The van der Waals surface area contributed by atoms with Crippen molar-refractivity contribution in [3.05, 3.63) is 45.0 Å². The van der Waals surface area contributed by atoms with E-state index in [1.54, 1.807) is 18.2 Å². The van der Waals surface area contributed by atoms with Crippen LogP contribution in [-0.4, -0.2) is 12.1 Å². The molecular weight excluding hydrogens is 292 g/mol. The Balaban J connectivity index is 1.93. The van der Waals surface area contributed by atoms with Crippen LogP contribution in [0.1, 0.15) is 15.4 Å². The van der Waals surface area contributed by atoms with Gasteiger partial charge in [-0.25, -0.2) is 5.43 Å². The third kappa shape index (κ3) is 2.80. The van der Waals surface area contributed by atoms with Crippen LogP contribution < -0.4 is 5.43 Å². The second kappa shape index (κ2) is 5.09. The molecule has 4 nitrogen and oxygen atoms in total. The number of hydrazone groups is 1. The summed E-state index contributed by atoms with van der Waals surface area (Å²) in [5, 5.41) is 5.61. The van der Waals surface area contributed by atoms with E-state index in [4.69, 9.17) is 4.42 Å². The molecule has 2 aromatic heterocycles. The minimum absolute atomic E-state index is 0.225. The van der Waals surface area contributed by atoms with Gasteiger partial charge >= 0.3 is 0 Å². The lowest BCUT2D eigenvalue weighted by molar-refractivity contribution is 0.0959. The van der Waals surface area contributed by atoms with Crippen LogP contribution in [0.2, 0.25) is 0 Å². The van der Waals surface area contributed by atoms with Crippen molar-refractivity contribution in [3.8, 4) is 0 Å². The number of furan rings is 1. The average molecular weight is 299 g/mol. The summed E-state index contributed by atoms with van der Waals surface area (Å²) < 4.78 is 5.80. The van der Waals surface area contributed by atoms with Gasteiger partial charge in [0.2, 0.25) is 0 Å². The smallest absolute Gasteiger partial charge is 0.281 e. The number of hydrogen-bond acceptors (Lipinski definition) is 4. The Kier molecular flexibility index (Phi) is 3.53. The van der Waals surface area contributed by atoms with E-state index in [2.05, 4.69) is 26.5 Å². The first-order valence-corrected chi connectivity index (χ1v) is 6.05. The van der Waals surface area contributed by atoms with Gasteiger partial charge in [-0.05, 0) is 39.5 Å². The number of carbonyl (C=O) groups excluding carboxylic acids is 1. The fourth-order valence-corrected chi connectivity index (χ4v) is 1.95. The fourth-order valence-electron chi connectivity index (χ4n) is 1.02. The Labute approximate surface area is 104 Å². The topological polar surface area (TPSA) is 54.6 Å². The van der Waals surface area contributed by atoms with Crippen LogP contribution in [-0.2, 0) is 0 Å². The number of halogens is 1. The van der Waals surface area contributed by atoms with Gasteiger partial charge in [0.05, 0.1) is 11.1 Å². The summed E-state index contributed by atoms with van der Waals surface area (Å²) in [6, 6.07) is 7.04. The molecule has 82 valence electrons. The van der Waals surface area contributed by atoms with Crippen LogP contribution >= 0.6 is 27.3 Å². The maximum atomic E-state index is 11.4. The van der Waals surface area contributed by atoms with Crippen molar-refractivity contribution in [1.82, 2.24) is 5.43 Å². The van der Waals surface area contributed by atoms with E-state index in [-0.39, 0.29) is 5.91 Å². The van der Waals surface area contributed by atoms with Crippen molar-refractivity contribution >= 4 is 39.4 Å². The quantitative estimate of drug-likeness (QED) is 0.700. The van der Waals surface area contributed by atoms with Crippen molar-refractivity contribution in [1.29, 1.82) is 0 Å². The van der Waals surface area contributed by atoms with E-state index in [0.717, 1.165) is 0 Å². The average Bonchev–Trinajstić information content (AvgIpc) is 2.89. The van der Waals surface area contributed by atoms with E-state index >= 15 is 0 Å². The largest absolute Gasteiger partial charge is 0.448 e. The monoisotopic (exact) mass is 298 g/mol. The lowest BCUT2D eigenvalue weighted by Gasteiger charge is -1.93. The molecule has 2 rings (SSSR count). The Hall–Kier alpha value is -1.40. The molecule has 0 unspecified atom stereocenters. The van der Waals surface area contributed by atoms with Crippen LogP contribution in [0.4, 0.5) is 0 Å². The maximum Gasteiger partial charge on any atom is 0.281 e. The van der Waals surface area contributed by atoms with Crippen LogP contribution in [0.25, 0.3) is 0 Å². The zero-order valence-electron chi connectivity index (χ0n) is 8.01. The predicted molar refractivity (Wildman–Crippen MR) is 65.8 cm³/mol. The van der Waals surface area contributed by atoms with Gasteiger partial charge in [0, 0.05) is 0 Å². The predicted octanol–water partition coefficient (Wildman–Crippen LogP) is 2.87. The number of thiophene rings is 1. The Morgan fingerprint density at radius 2 is 2.38 bits per heavy atom. The van der Waals surface area contributed by atoms with E-state index in [1.807, 2.05) is 11.4 Å². The van der Waals surface area contributed by atoms with Crippen LogP contribution in [0.3, 0.4) is 0 Å². The van der Waals surface area contributed by atoms with Gasteiger partial charge < -0.3 is 4.42 Å². The summed E-state index contributed by atoms with van der Waals surface area (Å²) in [4.78, 5) is 12.1. The van der Waals surface area contributed by atoms with Crippen LogP contribution in [0, 0.1) is 0 Å². The van der Waals surface area contributed by atoms with Gasteiger partial charge in [-0.1, -0.05) is 6.07 Å². The molecule has 6 heteroatoms. The zero-order valence-corrected chi connectivity index (χ0v) is 10.4. The van der Waals surface area contributed by atoms with E-state index in [0.29, 0.717) is 15.3 Å². The first-order valence-electron chi connectivity index (χ1n) is 4.38. The maximum absolute atomic E-state index is 11.4. The molecule has 0 aliphatic rings. The summed E-state index contributed by atoms with van der Waals surface area (Å²) in [6.45, 7) is 0. The summed E-state index contributed by atoms with van der Waals surface area (Å²) in [5.74, 6) is 0.343. The van der Waals surface area contributed by atoms with Crippen molar-refractivity contribution in [2.24, 2.45) is 5.10 Å². The molecular formula is C10H7BrN2O2S. The summed E-state index contributed by atoms with van der Waals surface area (Å²) in [6.07, 6.45) is 1.44. The zero-order chi connectivity index (χ0) is 11.4. The Morgan fingerprint density at radius 3 is 3.00 bits per heavy atom. The summed E-state index contributed by atoms with van der Waals surface area (Å²) in [7, 11) is 0. The Morgan fingerprint density at radius 1 is 1.50 bits per heavy atom. The van der Waals surface area contributed by atoms with E-state index in [9.17, 15) is 4.79 Å². The van der Waals surface area contributed by atoms with Crippen molar-refractivity contribution < 1.29 is 9.21 Å². The molecule has 0 aromatic carbocycles. The third-order valence-electron chi connectivity index (χ3n) is 1.70. The lowest BCUT2D eigenvalue weighted by atomic mass is 10.4. The number of carbonyl (C=O) groups is 1. The molecule has 2 heterocycles. The molecule has 0 fully saturated rings. The molecule has 16 heavy (non-hydrogen) atoms. The van der Waals surface area contributed by atoms with Crippen molar-refractivity contribution in [3.63, 3.8) is 0 Å². The molecule has 0 aliphatic heterocycles. The third-order valence-corrected chi connectivity index (χ3v) is 2.99. The first-order chi connectivity index (χ1) is 7.75. The molecule has 0 aliphatic carbocycles. The van der Waals surface area contributed by atoms with Crippen LogP contribution in [0.15, 0.2) is 43.8 Å². The molecule has 1 amide bonds. The van der Waals surface area contributed by atoms with Gasteiger partial charge in [0.15, 0.2) is 4.67 Å². The minimum atomic E-state index is -0.225. The van der Waals surface area contributed by atoms with E-state index in [1.165, 1.54) is 17.6 Å². The number of nitrogens with zero attached hydrogens (tertiary/aromatic N) is 1. The molecule has 0 saturated heterocycles. The molecule has 0 saturated carbocycles. The molecule has 0 bridgehead atoms. The molecule has 0 atom stereocenters. The highest BCUT2D eigenvalue weighted by molar-refractivity contribution is 9.10. The number of amides is 1. The molecule has 0 spiro atoms. The SMILES string of the molecule is O=C(N/N=C\c1ccc(Br)o1)c1cccs1. The highest BCUT2D eigenvalue weighted by atomic mass is 79.9. The molecule has 2 aromatic rings. The first kappa shape index (κ1) is 11.1. The molecule has 0 radical (unpaired) electrons. The highest BCUT2D eigenvalue weighted by Gasteiger charge is 2.03. The van der Waals surface area contributed by atoms with Gasteiger partial charge in [-0.15, -0.1) is 11.3 Å². The van der Waals surface area contributed by atoms with Gasteiger partial charge in [-0.2, -0.15) is 5.10 Å². The van der Waals surface area contributed by atoms with Crippen LogP contribution in [0.5, 0.6) is 0 Å². The summed E-state index contributed by atoms with van der Waals surface area (Å²) >= 11 is 4.53. The van der Waals surface area contributed by atoms with Gasteiger partial charge in [0.1, 0.15) is 5.76 Å².